The fraction of sp³-hybridized carbons (Fsp3) is 0.915. The van der Waals surface area contributed by atoms with Gasteiger partial charge in [0.05, 0.1) is 25.4 Å². The first-order valence-electron chi connectivity index (χ1n) is 35.1. The highest BCUT2D eigenvalue weighted by Gasteiger charge is 2.18. The number of hydrogen-bond acceptors (Lipinski definition) is 5. The lowest BCUT2D eigenvalue weighted by molar-refractivity contribution is -0.143. The van der Waals surface area contributed by atoms with Crippen LogP contribution in [0.25, 0.3) is 0 Å². The monoisotopic (exact) mass is 1080 g/mol. The molecule has 0 aliphatic carbocycles. The fourth-order valence-corrected chi connectivity index (χ4v) is 11.1. The Bertz CT molecular complexity index is 1200. The van der Waals surface area contributed by atoms with Gasteiger partial charge >= 0.3 is 5.97 Å². The van der Waals surface area contributed by atoms with Gasteiger partial charge in [-0.15, -0.1) is 0 Å². The van der Waals surface area contributed by atoms with Crippen LogP contribution in [0, 0.1) is 0 Å². The van der Waals surface area contributed by atoms with E-state index in [1.54, 1.807) is 6.08 Å². The summed E-state index contributed by atoms with van der Waals surface area (Å²) in [7, 11) is 0. The van der Waals surface area contributed by atoms with Crippen LogP contribution < -0.4 is 5.32 Å². The van der Waals surface area contributed by atoms with Crippen molar-refractivity contribution in [3.63, 3.8) is 0 Å². The molecular formula is C71H137NO5. The number of allylic oxidation sites excluding steroid dienone is 3. The van der Waals surface area contributed by atoms with E-state index in [4.69, 9.17) is 4.74 Å². The highest BCUT2D eigenvalue weighted by atomic mass is 16.5. The van der Waals surface area contributed by atoms with Crippen LogP contribution in [0.1, 0.15) is 393 Å². The van der Waals surface area contributed by atoms with Gasteiger partial charge in [0, 0.05) is 12.8 Å². The minimum Gasteiger partial charge on any atom is -0.466 e. The first-order chi connectivity index (χ1) is 38.0. The third kappa shape index (κ3) is 63.4. The SMILES string of the molecule is CCCCCCCCCCCCCC/C=C/C(O)C(CO)NC(=O)CCCCCCCCCCCCCCCCC/C=C\CCCCCCCCCCCCCCOC(=O)CCCCCCCCCCCCCCCCC. The minimum absolute atomic E-state index is 0.0209. The first-order valence-corrected chi connectivity index (χ1v) is 35.1. The van der Waals surface area contributed by atoms with E-state index >= 15 is 0 Å². The van der Waals surface area contributed by atoms with Crippen molar-refractivity contribution in [1.82, 2.24) is 5.32 Å². The maximum Gasteiger partial charge on any atom is 0.305 e. The van der Waals surface area contributed by atoms with Crippen molar-refractivity contribution in [3.05, 3.63) is 24.3 Å². The van der Waals surface area contributed by atoms with Crippen molar-refractivity contribution < 1.29 is 24.5 Å². The van der Waals surface area contributed by atoms with Crippen molar-refractivity contribution >= 4 is 11.9 Å². The third-order valence-electron chi connectivity index (χ3n) is 16.5. The lowest BCUT2D eigenvalue weighted by Crippen LogP contribution is -2.45. The zero-order valence-electron chi connectivity index (χ0n) is 52.2. The zero-order chi connectivity index (χ0) is 55.7. The molecule has 1 amide bonds. The highest BCUT2D eigenvalue weighted by molar-refractivity contribution is 5.76. The number of nitrogens with one attached hydrogen (secondary N) is 1. The smallest absolute Gasteiger partial charge is 0.305 e. The number of rotatable bonds is 66. The normalized spacial score (nSPS) is 12.6. The summed E-state index contributed by atoms with van der Waals surface area (Å²) in [6.07, 6.45) is 84.0. The molecule has 6 heteroatoms. The molecule has 0 aliphatic heterocycles. The van der Waals surface area contributed by atoms with Gasteiger partial charge in [0.25, 0.3) is 0 Å². The van der Waals surface area contributed by atoms with E-state index < -0.39 is 12.1 Å². The number of hydrogen-bond donors (Lipinski definition) is 3. The second-order valence-corrected chi connectivity index (χ2v) is 24.2. The van der Waals surface area contributed by atoms with Crippen molar-refractivity contribution in [1.29, 1.82) is 0 Å². The number of carbonyl (C=O) groups is 2. The van der Waals surface area contributed by atoms with Crippen LogP contribution in [0.2, 0.25) is 0 Å². The standard InChI is InChI=1S/C71H137NO5/c1-3-5-7-9-11-13-15-17-36-41-45-49-53-57-61-65-71(76)77-66-62-58-54-50-46-42-38-35-33-31-29-27-25-23-21-19-20-22-24-26-28-30-32-34-37-40-44-48-52-56-60-64-70(75)72-68(67-73)69(74)63-59-55-51-47-43-39-18-16-14-12-10-8-6-4-2/h21,23,59,63,68-69,73-74H,3-20,22,24-58,60-62,64-67H2,1-2H3,(H,72,75)/b23-21-,63-59+. The predicted octanol–water partition coefficient (Wildman–Crippen LogP) is 22.5. The maximum absolute atomic E-state index is 12.5. The summed E-state index contributed by atoms with van der Waals surface area (Å²) in [4.78, 5) is 24.5. The quantitative estimate of drug-likeness (QED) is 0.0320. The van der Waals surface area contributed by atoms with Crippen molar-refractivity contribution in [2.24, 2.45) is 0 Å². The van der Waals surface area contributed by atoms with Gasteiger partial charge in [0.15, 0.2) is 0 Å². The van der Waals surface area contributed by atoms with E-state index in [1.165, 1.54) is 327 Å². The van der Waals surface area contributed by atoms with Gasteiger partial charge < -0.3 is 20.3 Å². The number of ether oxygens (including phenoxy) is 1. The Kier molecular flexibility index (Phi) is 65.4. The number of esters is 1. The Morgan fingerprint density at radius 2 is 0.610 bits per heavy atom. The Balaban J connectivity index is 3.35. The number of unbranched alkanes of at least 4 members (excludes halogenated alkanes) is 53. The van der Waals surface area contributed by atoms with Gasteiger partial charge in [-0.25, -0.2) is 0 Å². The largest absolute Gasteiger partial charge is 0.466 e. The summed E-state index contributed by atoms with van der Waals surface area (Å²) < 4.78 is 5.50. The van der Waals surface area contributed by atoms with E-state index in [1.807, 2.05) is 6.08 Å². The van der Waals surface area contributed by atoms with Gasteiger partial charge in [-0.05, 0) is 57.8 Å². The van der Waals surface area contributed by atoms with Crippen molar-refractivity contribution in [2.45, 2.75) is 405 Å². The zero-order valence-corrected chi connectivity index (χ0v) is 52.2. The van der Waals surface area contributed by atoms with E-state index in [-0.39, 0.29) is 18.5 Å². The minimum atomic E-state index is -0.842. The van der Waals surface area contributed by atoms with E-state index in [9.17, 15) is 19.8 Å². The molecule has 0 spiro atoms. The maximum atomic E-state index is 12.5. The van der Waals surface area contributed by atoms with E-state index in [0.29, 0.717) is 19.4 Å². The van der Waals surface area contributed by atoms with Gasteiger partial charge in [0.1, 0.15) is 0 Å². The first kappa shape index (κ1) is 75.3. The molecule has 0 aromatic rings. The lowest BCUT2D eigenvalue weighted by Gasteiger charge is -2.20. The van der Waals surface area contributed by atoms with Crippen molar-refractivity contribution in [2.75, 3.05) is 13.2 Å². The van der Waals surface area contributed by atoms with Crippen LogP contribution in [0.5, 0.6) is 0 Å². The third-order valence-corrected chi connectivity index (χ3v) is 16.5. The average molecular weight is 1080 g/mol. The Morgan fingerprint density at radius 1 is 0.351 bits per heavy atom. The second-order valence-electron chi connectivity index (χ2n) is 24.2. The van der Waals surface area contributed by atoms with Gasteiger partial charge in [-0.3, -0.25) is 9.59 Å². The molecule has 6 nitrogen and oxygen atoms in total. The molecule has 456 valence electrons. The number of aliphatic hydroxyl groups excluding tert-OH is 2. The van der Waals surface area contributed by atoms with Crippen LogP contribution in [0.15, 0.2) is 24.3 Å². The number of carbonyl (C=O) groups excluding carboxylic acids is 2. The molecule has 0 rings (SSSR count). The molecule has 0 radical (unpaired) electrons. The molecule has 3 N–H and O–H groups in total. The van der Waals surface area contributed by atoms with Crippen LogP contribution in [-0.2, 0) is 14.3 Å². The molecule has 2 unspecified atom stereocenters. The predicted molar refractivity (Wildman–Crippen MR) is 338 cm³/mol. The van der Waals surface area contributed by atoms with E-state index in [0.717, 1.165) is 38.5 Å². The van der Waals surface area contributed by atoms with Crippen LogP contribution in [0.3, 0.4) is 0 Å². The molecule has 0 aliphatic rings. The summed E-state index contributed by atoms with van der Waals surface area (Å²) in [6.45, 7) is 4.94. The Morgan fingerprint density at radius 3 is 0.922 bits per heavy atom. The average Bonchev–Trinajstić information content (AvgIpc) is 3.43. The molecule has 2 atom stereocenters. The van der Waals surface area contributed by atoms with Gasteiger partial charge in [0.2, 0.25) is 5.91 Å². The highest BCUT2D eigenvalue weighted by Crippen LogP contribution is 2.18. The van der Waals surface area contributed by atoms with Crippen LogP contribution >= 0.6 is 0 Å². The molecule has 77 heavy (non-hydrogen) atoms. The summed E-state index contributed by atoms with van der Waals surface area (Å²) in [5.41, 5.74) is 0. The molecule has 0 aromatic carbocycles. The summed E-state index contributed by atoms with van der Waals surface area (Å²) in [5.74, 6) is -0.0430. The molecule has 0 aromatic heterocycles. The number of amides is 1. The molecule has 0 saturated heterocycles. The molecule has 0 fully saturated rings. The topological polar surface area (TPSA) is 95.9 Å². The van der Waals surface area contributed by atoms with Crippen LogP contribution in [-0.4, -0.2) is 47.4 Å². The Labute approximate surface area is 481 Å². The lowest BCUT2D eigenvalue weighted by atomic mass is 10.0. The van der Waals surface area contributed by atoms with Gasteiger partial charge in [-0.2, -0.15) is 0 Å². The molecule has 0 heterocycles. The molecule has 0 bridgehead atoms. The van der Waals surface area contributed by atoms with Gasteiger partial charge in [-0.1, -0.05) is 346 Å². The van der Waals surface area contributed by atoms with E-state index in [2.05, 4.69) is 31.3 Å². The second kappa shape index (κ2) is 66.8. The molecular weight excluding hydrogens is 947 g/mol. The summed E-state index contributed by atoms with van der Waals surface area (Å²) >= 11 is 0. The van der Waals surface area contributed by atoms with Crippen molar-refractivity contribution in [3.8, 4) is 0 Å². The summed E-state index contributed by atoms with van der Waals surface area (Å²) in [5, 5.41) is 23.1. The Hall–Kier alpha value is -1.66. The van der Waals surface area contributed by atoms with Crippen LogP contribution in [0.4, 0.5) is 0 Å². The molecule has 0 saturated carbocycles. The summed E-state index contributed by atoms with van der Waals surface area (Å²) in [6, 6.07) is -0.625. The fourth-order valence-electron chi connectivity index (χ4n) is 11.1. The number of aliphatic hydroxyl groups is 2.